The molecular weight excluding hydrogens is 264 g/mol. The molecule has 2 aromatic carbocycles. The molecule has 4 nitrogen and oxygen atoms in total. The van der Waals surface area contributed by atoms with E-state index >= 15 is 0 Å². The fraction of sp³-hybridized carbons (Fsp3) is 0.235. The number of hydrogen-bond donors (Lipinski definition) is 2. The van der Waals surface area contributed by atoms with Crippen LogP contribution in [0.3, 0.4) is 0 Å². The smallest absolute Gasteiger partial charge is 0.335 e. The van der Waals surface area contributed by atoms with Crippen molar-refractivity contribution in [2.45, 2.75) is 12.3 Å². The first-order valence-corrected chi connectivity index (χ1v) is 7.08. The highest BCUT2D eigenvalue weighted by Gasteiger charge is 2.25. The van der Waals surface area contributed by atoms with Gasteiger partial charge in [0.25, 0.3) is 0 Å². The van der Waals surface area contributed by atoms with Gasteiger partial charge in [-0.15, -0.1) is 0 Å². The topological polar surface area (TPSA) is 66.6 Å². The number of benzene rings is 2. The van der Waals surface area contributed by atoms with Crippen molar-refractivity contribution in [1.29, 1.82) is 0 Å². The number of carboxylic acids is 1. The summed E-state index contributed by atoms with van der Waals surface area (Å²) in [5.74, 6) is -0.443. The SMILES string of the molecule is Nc1cc(C(=O)O)ccc1N1CCC(c2ccccc2)C1. The molecule has 108 valence electrons. The number of aromatic carboxylic acids is 1. The Balaban J connectivity index is 1.79. The highest BCUT2D eigenvalue weighted by molar-refractivity contribution is 5.90. The average molecular weight is 282 g/mol. The molecule has 0 saturated carbocycles. The molecule has 0 amide bonds. The van der Waals surface area contributed by atoms with Crippen molar-refractivity contribution in [2.75, 3.05) is 23.7 Å². The zero-order valence-corrected chi connectivity index (χ0v) is 11.7. The molecule has 0 radical (unpaired) electrons. The average Bonchev–Trinajstić information content (AvgIpc) is 2.97. The van der Waals surface area contributed by atoms with Gasteiger partial charge in [0.1, 0.15) is 0 Å². The summed E-state index contributed by atoms with van der Waals surface area (Å²) in [4.78, 5) is 13.2. The third-order valence-electron chi connectivity index (χ3n) is 4.07. The zero-order chi connectivity index (χ0) is 14.8. The van der Waals surface area contributed by atoms with Crippen molar-refractivity contribution < 1.29 is 9.90 Å². The van der Waals surface area contributed by atoms with E-state index in [4.69, 9.17) is 10.8 Å². The Morgan fingerprint density at radius 1 is 1.19 bits per heavy atom. The van der Waals surface area contributed by atoms with Gasteiger partial charge in [-0.05, 0) is 30.2 Å². The molecule has 1 saturated heterocycles. The Morgan fingerprint density at radius 3 is 2.62 bits per heavy atom. The Bertz CT molecular complexity index is 655. The predicted molar refractivity (Wildman–Crippen MR) is 83.8 cm³/mol. The lowest BCUT2D eigenvalue weighted by Gasteiger charge is -2.21. The lowest BCUT2D eigenvalue weighted by Crippen LogP contribution is -2.20. The first kappa shape index (κ1) is 13.5. The lowest BCUT2D eigenvalue weighted by molar-refractivity contribution is 0.0697. The van der Waals surface area contributed by atoms with E-state index in [1.807, 2.05) is 12.1 Å². The van der Waals surface area contributed by atoms with Gasteiger partial charge in [-0.1, -0.05) is 30.3 Å². The minimum atomic E-state index is -0.947. The number of nitrogens with two attached hydrogens (primary N) is 1. The van der Waals surface area contributed by atoms with Crippen molar-refractivity contribution in [2.24, 2.45) is 0 Å². The van der Waals surface area contributed by atoms with E-state index in [1.165, 1.54) is 11.6 Å². The van der Waals surface area contributed by atoms with Crippen LogP contribution in [-0.4, -0.2) is 24.2 Å². The van der Waals surface area contributed by atoms with Crippen LogP contribution in [0.5, 0.6) is 0 Å². The first-order chi connectivity index (χ1) is 10.1. The minimum Gasteiger partial charge on any atom is -0.478 e. The van der Waals surface area contributed by atoms with Crippen LogP contribution in [0, 0.1) is 0 Å². The van der Waals surface area contributed by atoms with E-state index in [-0.39, 0.29) is 5.56 Å². The molecule has 0 spiro atoms. The monoisotopic (exact) mass is 282 g/mol. The number of carbonyl (C=O) groups is 1. The zero-order valence-electron chi connectivity index (χ0n) is 11.7. The van der Waals surface area contributed by atoms with E-state index in [1.54, 1.807) is 6.07 Å². The summed E-state index contributed by atoms with van der Waals surface area (Å²) in [6.45, 7) is 1.86. The fourth-order valence-electron chi connectivity index (χ4n) is 2.95. The van der Waals surface area contributed by atoms with Crippen LogP contribution in [0.15, 0.2) is 48.5 Å². The number of rotatable bonds is 3. The maximum atomic E-state index is 11.0. The van der Waals surface area contributed by atoms with Gasteiger partial charge in [0.05, 0.1) is 16.9 Å². The molecule has 21 heavy (non-hydrogen) atoms. The molecule has 1 fully saturated rings. The van der Waals surface area contributed by atoms with E-state index in [0.29, 0.717) is 11.6 Å². The molecule has 3 N–H and O–H groups in total. The summed E-state index contributed by atoms with van der Waals surface area (Å²) in [6.07, 6.45) is 1.09. The number of nitrogen functional groups attached to an aromatic ring is 1. The number of hydrogen-bond acceptors (Lipinski definition) is 3. The number of nitrogens with zero attached hydrogens (tertiary/aromatic N) is 1. The third kappa shape index (κ3) is 2.70. The molecule has 1 aliphatic heterocycles. The Kier molecular flexibility index (Phi) is 3.52. The second-order valence-corrected chi connectivity index (χ2v) is 5.42. The van der Waals surface area contributed by atoms with Crippen LogP contribution in [0.1, 0.15) is 28.3 Å². The van der Waals surface area contributed by atoms with Gasteiger partial charge in [0, 0.05) is 19.0 Å². The quantitative estimate of drug-likeness (QED) is 0.849. The van der Waals surface area contributed by atoms with Gasteiger partial charge in [-0.25, -0.2) is 4.79 Å². The Hall–Kier alpha value is -2.49. The highest BCUT2D eigenvalue weighted by atomic mass is 16.4. The molecular formula is C17H18N2O2. The van der Waals surface area contributed by atoms with Crippen molar-refractivity contribution in [3.63, 3.8) is 0 Å². The van der Waals surface area contributed by atoms with E-state index in [9.17, 15) is 4.79 Å². The van der Waals surface area contributed by atoms with Gasteiger partial charge in [-0.2, -0.15) is 0 Å². The van der Waals surface area contributed by atoms with Crippen LogP contribution in [0.2, 0.25) is 0 Å². The largest absolute Gasteiger partial charge is 0.478 e. The summed E-state index contributed by atoms with van der Waals surface area (Å²) < 4.78 is 0. The molecule has 2 aromatic rings. The van der Waals surface area contributed by atoms with Crippen LogP contribution in [0.4, 0.5) is 11.4 Å². The lowest BCUT2D eigenvalue weighted by atomic mass is 9.99. The summed E-state index contributed by atoms with van der Waals surface area (Å²) >= 11 is 0. The standard InChI is InChI=1S/C17H18N2O2/c18-15-10-13(17(20)21)6-7-16(15)19-9-8-14(11-19)12-4-2-1-3-5-12/h1-7,10,14H,8-9,11,18H2,(H,20,21). The van der Waals surface area contributed by atoms with Crippen LogP contribution in [0.25, 0.3) is 0 Å². The minimum absolute atomic E-state index is 0.232. The predicted octanol–water partition coefficient (Wildman–Crippen LogP) is 2.96. The number of anilines is 2. The highest BCUT2D eigenvalue weighted by Crippen LogP contribution is 2.33. The molecule has 0 aliphatic carbocycles. The van der Waals surface area contributed by atoms with Gasteiger partial charge in [0.2, 0.25) is 0 Å². The molecule has 0 bridgehead atoms. The maximum Gasteiger partial charge on any atom is 0.335 e. The van der Waals surface area contributed by atoms with E-state index in [0.717, 1.165) is 25.2 Å². The van der Waals surface area contributed by atoms with Crippen molar-refractivity contribution in [1.82, 2.24) is 0 Å². The molecule has 0 aromatic heterocycles. The second kappa shape index (κ2) is 5.48. The molecule has 1 unspecified atom stereocenters. The summed E-state index contributed by atoms with van der Waals surface area (Å²) in [7, 11) is 0. The van der Waals surface area contributed by atoms with Gasteiger partial charge in [0.15, 0.2) is 0 Å². The van der Waals surface area contributed by atoms with Crippen molar-refractivity contribution in [3.8, 4) is 0 Å². The first-order valence-electron chi connectivity index (χ1n) is 7.08. The van der Waals surface area contributed by atoms with Gasteiger partial charge in [-0.3, -0.25) is 0 Å². The maximum absolute atomic E-state index is 11.0. The second-order valence-electron chi connectivity index (χ2n) is 5.42. The van der Waals surface area contributed by atoms with Crippen molar-refractivity contribution >= 4 is 17.3 Å². The summed E-state index contributed by atoms with van der Waals surface area (Å²) in [5.41, 5.74) is 9.06. The Morgan fingerprint density at radius 2 is 1.95 bits per heavy atom. The van der Waals surface area contributed by atoms with Gasteiger partial charge >= 0.3 is 5.97 Å². The molecule has 1 aliphatic rings. The summed E-state index contributed by atoms with van der Waals surface area (Å²) in [5, 5.41) is 8.99. The van der Waals surface area contributed by atoms with Crippen LogP contribution >= 0.6 is 0 Å². The van der Waals surface area contributed by atoms with E-state index < -0.39 is 5.97 Å². The Labute approximate surface area is 123 Å². The van der Waals surface area contributed by atoms with Crippen LogP contribution in [-0.2, 0) is 0 Å². The third-order valence-corrected chi connectivity index (χ3v) is 4.07. The molecule has 4 heteroatoms. The van der Waals surface area contributed by atoms with E-state index in [2.05, 4.69) is 29.2 Å². The molecule has 3 rings (SSSR count). The molecule has 1 heterocycles. The number of carboxylic acid groups (broad SMARTS) is 1. The van der Waals surface area contributed by atoms with Crippen molar-refractivity contribution in [3.05, 3.63) is 59.7 Å². The fourth-order valence-corrected chi connectivity index (χ4v) is 2.95. The van der Waals surface area contributed by atoms with Gasteiger partial charge < -0.3 is 15.7 Å². The summed E-state index contributed by atoms with van der Waals surface area (Å²) in [6, 6.07) is 15.4. The normalized spacial score (nSPS) is 17.9. The molecule has 1 atom stereocenters. The van der Waals surface area contributed by atoms with Crippen LogP contribution < -0.4 is 10.6 Å².